The highest BCUT2D eigenvalue weighted by atomic mass is 32.2. The summed E-state index contributed by atoms with van der Waals surface area (Å²) in [5.74, 6) is -0.348. The predicted molar refractivity (Wildman–Crippen MR) is 72.6 cm³/mol. The topological polar surface area (TPSA) is 87.2 Å². The molecule has 8 heteroatoms. The van der Waals surface area contributed by atoms with Crippen LogP contribution in [0.1, 0.15) is 19.3 Å². The number of hydrogen-bond donors (Lipinski definition) is 1. The smallest absolute Gasteiger partial charge is 0.223 e. The number of carbonyl (C=O) groups is 1. The van der Waals surface area contributed by atoms with Crippen molar-refractivity contribution < 1.29 is 23.1 Å². The van der Waals surface area contributed by atoms with E-state index in [1.165, 1.54) is 4.31 Å². The zero-order chi connectivity index (χ0) is 14.6. The molecule has 0 aromatic heterocycles. The molecule has 116 valence electrons. The second-order valence-electron chi connectivity index (χ2n) is 5.14. The van der Waals surface area contributed by atoms with Gasteiger partial charge in [-0.2, -0.15) is 4.31 Å². The van der Waals surface area contributed by atoms with Gasteiger partial charge in [-0.05, 0) is 12.8 Å². The first kappa shape index (κ1) is 15.7. The number of sulfonamides is 1. The number of rotatable bonds is 5. The normalized spacial score (nSPS) is 25.1. The lowest BCUT2D eigenvalue weighted by Crippen LogP contribution is -2.43. The molecule has 0 bridgehead atoms. The molecular weight excluding hydrogens is 284 g/mol. The van der Waals surface area contributed by atoms with Crippen LogP contribution in [0.25, 0.3) is 0 Å². The number of nitrogens with zero attached hydrogens (tertiary/aromatic N) is 2. The minimum Gasteiger partial charge on any atom is -0.394 e. The molecular formula is C12H22N2O5S. The molecule has 0 aliphatic carbocycles. The monoisotopic (exact) mass is 306 g/mol. The quantitative estimate of drug-likeness (QED) is 0.705. The lowest BCUT2D eigenvalue weighted by atomic mass is 10.2. The first-order chi connectivity index (χ1) is 9.54. The SMILES string of the molecule is O=C(CCS(=O)(=O)N1CCOCC1)N1CCCC1CO. The van der Waals surface area contributed by atoms with Crippen molar-refractivity contribution in [1.29, 1.82) is 0 Å². The second kappa shape index (κ2) is 6.84. The second-order valence-corrected chi connectivity index (χ2v) is 7.23. The van der Waals surface area contributed by atoms with Crippen molar-refractivity contribution in [3.05, 3.63) is 0 Å². The molecule has 0 spiro atoms. The Hall–Kier alpha value is -0.700. The molecule has 2 heterocycles. The van der Waals surface area contributed by atoms with Gasteiger partial charge in [0.15, 0.2) is 0 Å². The van der Waals surface area contributed by atoms with Crippen LogP contribution in [0.2, 0.25) is 0 Å². The highest BCUT2D eigenvalue weighted by Gasteiger charge is 2.30. The van der Waals surface area contributed by atoms with Gasteiger partial charge in [-0.15, -0.1) is 0 Å². The number of hydrogen-bond acceptors (Lipinski definition) is 5. The summed E-state index contributed by atoms with van der Waals surface area (Å²) >= 11 is 0. The van der Waals surface area contributed by atoms with Gasteiger partial charge in [-0.1, -0.05) is 0 Å². The van der Waals surface area contributed by atoms with Gasteiger partial charge in [0.2, 0.25) is 15.9 Å². The van der Waals surface area contributed by atoms with Gasteiger partial charge in [0, 0.05) is 26.1 Å². The van der Waals surface area contributed by atoms with Gasteiger partial charge in [-0.25, -0.2) is 8.42 Å². The molecule has 2 aliphatic heterocycles. The fraction of sp³-hybridized carbons (Fsp3) is 0.917. The van der Waals surface area contributed by atoms with Crippen LogP contribution < -0.4 is 0 Å². The summed E-state index contributed by atoms with van der Waals surface area (Å²) < 4.78 is 30.7. The molecule has 1 unspecified atom stereocenters. The molecule has 2 aliphatic rings. The van der Waals surface area contributed by atoms with E-state index in [-0.39, 0.29) is 30.7 Å². The Kier molecular flexibility index (Phi) is 5.36. The standard InChI is InChI=1S/C12H22N2O5S/c15-10-11-2-1-4-14(11)12(16)3-9-20(17,18)13-5-7-19-8-6-13/h11,15H,1-10H2. The Labute approximate surface area is 119 Å². The highest BCUT2D eigenvalue weighted by Crippen LogP contribution is 2.18. The number of likely N-dealkylation sites (tertiary alicyclic amines) is 1. The van der Waals surface area contributed by atoms with E-state index >= 15 is 0 Å². The van der Waals surface area contributed by atoms with E-state index in [9.17, 15) is 18.3 Å². The highest BCUT2D eigenvalue weighted by molar-refractivity contribution is 7.89. The Morgan fingerprint density at radius 1 is 1.25 bits per heavy atom. The Morgan fingerprint density at radius 2 is 1.95 bits per heavy atom. The lowest BCUT2D eigenvalue weighted by molar-refractivity contribution is -0.132. The average Bonchev–Trinajstić information content (AvgIpc) is 2.94. The lowest BCUT2D eigenvalue weighted by Gasteiger charge is -2.27. The van der Waals surface area contributed by atoms with Gasteiger partial charge < -0.3 is 14.7 Å². The summed E-state index contributed by atoms with van der Waals surface area (Å²) in [5.41, 5.74) is 0. The van der Waals surface area contributed by atoms with Crippen molar-refractivity contribution in [2.75, 3.05) is 45.2 Å². The fourth-order valence-corrected chi connectivity index (χ4v) is 4.06. The molecule has 0 aromatic carbocycles. The molecule has 7 nitrogen and oxygen atoms in total. The van der Waals surface area contributed by atoms with Gasteiger partial charge in [0.25, 0.3) is 0 Å². The molecule has 0 saturated carbocycles. The molecule has 2 fully saturated rings. The minimum absolute atomic E-state index is 0.0177. The van der Waals surface area contributed by atoms with E-state index in [4.69, 9.17) is 4.74 Å². The maximum atomic E-state index is 12.1. The number of aliphatic hydroxyl groups is 1. The van der Waals surface area contributed by atoms with Crippen LogP contribution in [0.4, 0.5) is 0 Å². The van der Waals surface area contributed by atoms with Crippen molar-refractivity contribution in [1.82, 2.24) is 9.21 Å². The summed E-state index contributed by atoms with van der Waals surface area (Å²) in [6.07, 6.45) is 1.64. The largest absolute Gasteiger partial charge is 0.394 e. The van der Waals surface area contributed by atoms with E-state index in [0.717, 1.165) is 12.8 Å². The Bertz CT molecular complexity index is 433. The first-order valence-electron chi connectivity index (χ1n) is 7.00. The third-order valence-corrected chi connectivity index (χ3v) is 5.72. The summed E-state index contributed by atoms with van der Waals surface area (Å²) in [7, 11) is -3.39. The van der Waals surface area contributed by atoms with E-state index in [0.29, 0.717) is 32.8 Å². The number of morpholine rings is 1. The van der Waals surface area contributed by atoms with Crippen molar-refractivity contribution >= 4 is 15.9 Å². The summed E-state index contributed by atoms with van der Waals surface area (Å²) in [4.78, 5) is 13.7. The van der Waals surface area contributed by atoms with E-state index in [2.05, 4.69) is 0 Å². The van der Waals surface area contributed by atoms with Gasteiger partial charge in [0.1, 0.15) is 0 Å². The Morgan fingerprint density at radius 3 is 2.60 bits per heavy atom. The molecule has 1 amide bonds. The molecule has 2 rings (SSSR count). The fourth-order valence-electron chi connectivity index (χ4n) is 2.67. The number of ether oxygens (including phenoxy) is 1. The minimum atomic E-state index is -3.39. The average molecular weight is 306 g/mol. The number of carbonyl (C=O) groups excluding carboxylic acids is 1. The maximum Gasteiger partial charge on any atom is 0.223 e. The molecule has 20 heavy (non-hydrogen) atoms. The summed E-state index contributed by atoms with van der Waals surface area (Å²) in [6, 6.07) is -0.145. The van der Waals surface area contributed by atoms with Crippen molar-refractivity contribution in [3.8, 4) is 0 Å². The molecule has 2 saturated heterocycles. The third-order valence-electron chi connectivity index (χ3n) is 3.85. The van der Waals surface area contributed by atoms with E-state index < -0.39 is 10.0 Å². The van der Waals surface area contributed by atoms with Crippen LogP contribution in [0.15, 0.2) is 0 Å². The van der Waals surface area contributed by atoms with E-state index in [1.807, 2.05) is 0 Å². The van der Waals surface area contributed by atoms with Crippen LogP contribution in [0.5, 0.6) is 0 Å². The van der Waals surface area contributed by atoms with Gasteiger partial charge in [0.05, 0.1) is 31.6 Å². The van der Waals surface area contributed by atoms with Crippen LogP contribution in [-0.2, 0) is 19.6 Å². The van der Waals surface area contributed by atoms with Crippen molar-refractivity contribution in [2.24, 2.45) is 0 Å². The zero-order valence-corrected chi connectivity index (χ0v) is 12.3. The summed E-state index contributed by atoms with van der Waals surface area (Å²) in [6.45, 7) is 2.10. The predicted octanol–water partition coefficient (Wildman–Crippen LogP) is -0.978. The number of amides is 1. The molecule has 0 radical (unpaired) electrons. The molecule has 1 atom stereocenters. The van der Waals surface area contributed by atoms with Crippen LogP contribution >= 0.6 is 0 Å². The van der Waals surface area contributed by atoms with Crippen molar-refractivity contribution in [3.63, 3.8) is 0 Å². The van der Waals surface area contributed by atoms with Crippen molar-refractivity contribution in [2.45, 2.75) is 25.3 Å². The molecule has 0 aromatic rings. The summed E-state index contributed by atoms with van der Waals surface area (Å²) in [5, 5.41) is 9.18. The number of aliphatic hydroxyl groups excluding tert-OH is 1. The zero-order valence-electron chi connectivity index (χ0n) is 11.5. The van der Waals surface area contributed by atoms with Gasteiger partial charge in [-0.3, -0.25) is 4.79 Å². The van der Waals surface area contributed by atoms with Crippen LogP contribution in [0.3, 0.4) is 0 Å². The van der Waals surface area contributed by atoms with Crippen LogP contribution in [0, 0.1) is 0 Å². The van der Waals surface area contributed by atoms with Crippen LogP contribution in [-0.4, -0.2) is 79.9 Å². The molecule has 1 N–H and O–H groups in total. The third kappa shape index (κ3) is 3.69. The maximum absolute atomic E-state index is 12.1. The first-order valence-corrected chi connectivity index (χ1v) is 8.61. The van der Waals surface area contributed by atoms with Gasteiger partial charge >= 0.3 is 0 Å². The van der Waals surface area contributed by atoms with E-state index in [1.54, 1.807) is 4.90 Å². The Balaban J connectivity index is 1.86.